The van der Waals surface area contributed by atoms with Gasteiger partial charge in [-0.2, -0.15) is 13.2 Å². The molecule has 2 heterocycles. The summed E-state index contributed by atoms with van der Waals surface area (Å²) in [7, 11) is -3.44. The van der Waals surface area contributed by atoms with Crippen molar-refractivity contribution >= 4 is 21.7 Å². The smallest absolute Gasteiger partial charge is 0.489 e. The Hall–Kier alpha value is -3.96. The maximum atomic E-state index is 12.9. The van der Waals surface area contributed by atoms with Crippen LogP contribution in [0.3, 0.4) is 0 Å². The first-order valence-corrected chi connectivity index (χ1v) is 15.1. The van der Waals surface area contributed by atoms with Gasteiger partial charge in [0.2, 0.25) is 5.95 Å². The van der Waals surface area contributed by atoms with Crippen LogP contribution in [-0.2, 0) is 20.8 Å². The molecule has 0 bridgehead atoms. The van der Waals surface area contributed by atoms with Crippen LogP contribution in [0.15, 0.2) is 65.8 Å². The molecule has 45 heavy (non-hydrogen) atoms. The first kappa shape index (κ1) is 33.9. The molecule has 1 fully saturated rings. The molecule has 17 heteroatoms. The third-order valence-corrected chi connectivity index (χ3v) is 8.72. The van der Waals surface area contributed by atoms with E-state index in [0.29, 0.717) is 5.56 Å². The molecule has 1 aliphatic heterocycles. The molecule has 0 aliphatic carbocycles. The molecule has 1 aromatic heterocycles. The molecule has 3 aromatic rings. The molecule has 1 saturated heterocycles. The summed E-state index contributed by atoms with van der Waals surface area (Å²) in [6, 6.07) is 7.69. The van der Waals surface area contributed by atoms with Crippen molar-refractivity contribution in [2.45, 2.75) is 49.0 Å². The van der Waals surface area contributed by atoms with Gasteiger partial charge in [-0.25, -0.2) is 18.4 Å². The average molecular weight is 663 g/mol. The Bertz CT molecular complexity index is 1550. The van der Waals surface area contributed by atoms with E-state index in [2.05, 4.69) is 20.0 Å². The van der Waals surface area contributed by atoms with Gasteiger partial charge in [0.15, 0.2) is 9.84 Å². The first-order valence-electron chi connectivity index (χ1n) is 13.5. The van der Waals surface area contributed by atoms with Crippen LogP contribution in [0.1, 0.15) is 40.9 Å². The summed E-state index contributed by atoms with van der Waals surface area (Å²) < 4.78 is 111. The Balaban J connectivity index is 1.45. The van der Waals surface area contributed by atoms with E-state index in [0.717, 1.165) is 36.7 Å². The highest BCUT2D eigenvalue weighted by atomic mass is 32.2. The highest BCUT2D eigenvalue weighted by molar-refractivity contribution is 7.91. The molecule has 2 aromatic carbocycles. The fraction of sp³-hybridized carbons (Fsp3) is 0.393. The molecule has 3 atom stereocenters. The molecule has 2 N–H and O–H groups in total. The molecule has 1 unspecified atom stereocenters. The number of sulfone groups is 1. The Labute approximate surface area is 253 Å². The predicted octanol–water partition coefficient (Wildman–Crippen LogP) is 4.32. The second-order valence-corrected chi connectivity index (χ2v) is 12.3. The van der Waals surface area contributed by atoms with Gasteiger partial charge in [0.05, 0.1) is 53.6 Å². The quantitative estimate of drug-likeness (QED) is 0.289. The molecular weight excluding hydrogens is 634 g/mol. The third kappa shape index (κ3) is 8.82. The van der Waals surface area contributed by atoms with Crippen LogP contribution in [0, 0.1) is 0 Å². The molecular formula is C28H28F6N4O6S. The Morgan fingerprint density at radius 1 is 1.04 bits per heavy atom. The molecule has 10 nitrogen and oxygen atoms in total. The maximum absolute atomic E-state index is 12.9. The summed E-state index contributed by atoms with van der Waals surface area (Å²) in [5, 5.41) is 12.4. The van der Waals surface area contributed by atoms with Gasteiger partial charge in [-0.3, -0.25) is 9.53 Å². The number of aromatic nitrogens is 2. The lowest BCUT2D eigenvalue weighted by atomic mass is 10.1. The molecule has 244 valence electrons. The van der Waals surface area contributed by atoms with Gasteiger partial charge in [-0.05, 0) is 42.0 Å². The minimum absolute atomic E-state index is 0.000767. The predicted molar refractivity (Wildman–Crippen MR) is 147 cm³/mol. The van der Waals surface area contributed by atoms with Crippen molar-refractivity contribution < 1.29 is 54.1 Å². The monoisotopic (exact) mass is 662 g/mol. The number of benzene rings is 2. The van der Waals surface area contributed by atoms with Gasteiger partial charge in [0, 0.05) is 18.8 Å². The van der Waals surface area contributed by atoms with Crippen LogP contribution in [0.5, 0.6) is 5.75 Å². The summed E-state index contributed by atoms with van der Waals surface area (Å²) in [4.78, 5) is 22.6. The number of amides is 1. The van der Waals surface area contributed by atoms with Crippen LogP contribution in [0.25, 0.3) is 0 Å². The van der Waals surface area contributed by atoms with Gasteiger partial charge in [-0.15, -0.1) is 13.2 Å². The lowest BCUT2D eigenvalue weighted by Crippen LogP contribution is -2.36. The number of halogens is 6. The number of nitrogens with zero attached hydrogens (tertiary/aromatic N) is 3. The van der Waals surface area contributed by atoms with E-state index in [9.17, 15) is 44.7 Å². The first-order chi connectivity index (χ1) is 21.1. The summed E-state index contributed by atoms with van der Waals surface area (Å²) in [5.74, 6) is -0.749. The Kier molecular flexibility index (Phi) is 10.2. The number of aliphatic hydroxyl groups excluding tert-OH is 1. The minimum atomic E-state index is -4.92. The SMILES string of the molecule is CCS(=O)(=O)c1ccc(C(CO)NC(=O)c2cnc(N3C[C@H](Oc4ccc(C(F)(F)F)cc4)C[C@H]3COC(F)(F)F)nc2)cc1. The second kappa shape index (κ2) is 13.6. The third-order valence-electron chi connectivity index (χ3n) is 6.97. The largest absolute Gasteiger partial charge is 0.522 e. The average Bonchev–Trinajstić information content (AvgIpc) is 3.40. The van der Waals surface area contributed by atoms with Crippen LogP contribution >= 0.6 is 0 Å². The van der Waals surface area contributed by atoms with Crippen molar-refractivity contribution in [2.75, 3.05) is 30.4 Å². The topological polar surface area (TPSA) is 131 Å². The van der Waals surface area contributed by atoms with Crippen LogP contribution in [-0.4, -0.2) is 73.4 Å². The number of rotatable bonds is 11. The number of alkyl halides is 6. The highest BCUT2D eigenvalue weighted by Gasteiger charge is 2.39. The number of carbonyl (C=O) groups excluding carboxylic acids is 1. The van der Waals surface area contributed by atoms with Gasteiger partial charge in [-0.1, -0.05) is 19.1 Å². The van der Waals surface area contributed by atoms with Crippen LogP contribution < -0.4 is 15.0 Å². The fourth-order valence-electron chi connectivity index (χ4n) is 4.60. The Morgan fingerprint density at radius 3 is 2.20 bits per heavy atom. The van der Waals surface area contributed by atoms with E-state index in [-0.39, 0.29) is 40.9 Å². The number of aliphatic hydroxyl groups is 1. The minimum Gasteiger partial charge on any atom is -0.489 e. The summed E-state index contributed by atoms with van der Waals surface area (Å²) >= 11 is 0. The van der Waals surface area contributed by atoms with Crippen LogP contribution in [0.4, 0.5) is 32.3 Å². The number of anilines is 1. The van der Waals surface area contributed by atoms with E-state index in [1.165, 1.54) is 36.1 Å². The molecule has 0 radical (unpaired) electrons. The van der Waals surface area contributed by atoms with E-state index < -0.39 is 65.2 Å². The molecule has 1 amide bonds. The van der Waals surface area contributed by atoms with Crippen molar-refractivity contribution in [1.82, 2.24) is 15.3 Å². The van der Waals surface area contributed by atoms with E-state index in [1.54, 1.807) is 0 Å². The van der Waals surface area contributed by atoms with Crippen molar-refractivity contribution in [2.24, 2.45) is 0 Å². The van der Waals surface area contributed by atoms with Gasteiger partial charge in [0.1, 0.15) is 11.9 Å². The van der Waals surface area contributed by atoms with E-state index in [4.69, 9.17) is 4.74 Å². The zero-order chi connectivity index (χ0) is 33.0. The highest BCUT2D eigenvalue weighted by Crippen LogP contribution is 2.32. The van der Waals surface area contributed by atoms with E-state index in [1.807, 2.05) is 0 Å². The van der Waals surface area contributed by atoms with E-state index >= 15 is 0 Å². The molecule has 0 saturated carbocycles. The summed E-state index contributed by atoms with van der Waals surface area (Å²) in [5.41, 5.74) is -0.494. The van der Waals surface area contributed by atoms with Gasteiger partial charge >= 0.3 is 12.5 Å². The van der Waals surface area contributed by atoms with Crippen molar-refractivity contribution in [3.63, 3.8) is 0 Å². The number of carbonyl (C=O) groups is 1. The molecule has 1 aliphatic rings. The summed E-state index contributed by atoms with van der Waals surface area (Å²) in [6.07, 6.45) is -7.95. The number of hydrogen-bond acceptors (Lipinski definition) is 9. The number of ether oxygens (including phenoxy) is 2. The standard InChI is InChI=1S/C28H28F6N4O6S/c1-2-45(41,42)23-9-3-17(4-10-23)24(15-39)37-25(40)18-12-35-26(36-13-18)38-14-22(11-20(38)16-43-28(32,33)34)44-21-7-5-19(6-8-21)27(29,30)31/h3-10,12-13,20,22,24,39H,2,11,14-16H2,1H3,(H,37,40)/t20-,22+,24?/m0/s1. The number of hydrogen-bond donors (Lipinski definition) is 2. The zero-order valence-electron chi connectivity index (χ0n) is 23.5. The summed E-state index contributed by atoms with van der Waals surface area (Å²) in [6.45, 7) is 0.149. The van der Waals surface area contributed by atoms with Gasteiger partial charge < -0.3 is 20.1 Å². The Morgan fingerprint density at radius 2 is 1.67 bits per heavy atom. The lowest BCUT2D eigenvalue weighted by Gasteiger charge is -2.24. The zero-order valence-corrected chi connectivity index (χ0v) is 24.4. The maximum Gasteiger partial charge on any atom is 0.522 e. The lowest BCUT2D eigenvalue weighted by molar-refractivity contribution is -0.325. The van der Waals surface area contributed by atoms with Gasteiger partial charge in [0.25, 0.3) is 5.91 Å². The van der Waals surface area contributed by atoms with Crippen molar-refractivity contribution in [1.29, 1.82) is 0 Å². The van der Waals surface area contributed by atoms with Crippen LogP contribution in [0.2, 0.25) is 0 Å². The molecule has 0 spiro atoms. The van der Waals surface area contributed by atoms with Crippen molar-refractivity contribution in [3.05, 3.63) is 77.6 Å². The second-order valence-electron chi connectivity index (χ2n) is 10.0. The van der Waals surface area contributed by atoms with Crippen molar-refractivity contribution in [3.8, 4) is 5.75 Å². The number of nitrogens with one attached hydrogen (secondary N) is 1. The fourth-order valence-corrected chi connectivity index (χ4v) is 5.49. The molecule has 4 rings (SSSR count). The normalized spacial score (nSPS) is 18.1.